The molecule has 1 aromatic carbocycles. The Balaban J connectivity index is 1.36. The van der Waals surface area contributed by atoms with E-state index in [0.29, 0.717) is 25.9 Å². The molecule has 26 heavy (non-hydrogen) atoms. The Kier molecular flexibility index (Phi) is 5.30. The molecular formula is C20H26N2O4. The zero-order valence-corrected chi connectivity index (χ0v) is 15.2. The number of aliphatic carboxylic acids is 1. The summed E-state index contributed by atoms with van der Waals surface area (Å²) in [6, 6.07) is 8.07. The molecular weight excluding hydrogens is 332 g/mol. The maximum atomic E-state index is 12.3. The number of piperidine rings is 1. The van der Waals surface area contributed by atoms with Crippen molar-refractivity contribution in [3.05, 3.63) is 35.4 Å². The summed E-state index contributed by atoms with van der Waals surface area (Å²) in [7, 11) is 0. The van der Waals surface area contributed by atoms with E-state index in [0.717, 1.165) is 24.8 Å². The minimum Gasteiger partial charge on any atom is -0.481 e. The van der Waals surface area contributed by atoms with E-state index < -0.39 is 5.97 Å². The second-order valence-electron chi connectivity index (χ2n) is 7.60. The van der Waals surface area contributed by atoms with Crippen LogP contribution in [-0.4, -0.2) is 47.4 Å². The molecule has 1 aliphatic heterocycles. The smallest absolute Gasteiger partial charge is 0.307 e. The van der Waals surface area contributed by atoms with Crippen LogP contribution in [0.5, 0.6) is 0 Å². The SMILES string of the molecule is Cc1ccc(CCC(=O)NCC(=O)N2CCC3(CC2)CC3C(=O)O)cc1. The number of aryl methyl sites for hydroxylation is 2. The van der Waals surface area contributed by atoms with Gasteiger partial charge in [-0.25, -0.2) is 0 Å². The number of carboxylic acid groups (broad SMARTS) is 1. The van der Waals surface area contributed by atoms with Crippen molar-refractivity contribution < 1.29 is 19.5 Å². The number of likely N-dealkylation sites (tertiary alicyclic amines) is 1. The number of carbonyl (C=O) groups excluding carboxylic acids is 2. The summed E-state index contributed by atoms with van der Waals surface area (Å²) < 4.78 is 0. The van der Waals surface area contributed by atoms with E-state index in [2.05, 4.69) is 5.32 Å². The molecule has 1 aromatic rings. The van der Waals surface area contributed by atoms with Crippen LogP contribution in [0.3, 0.4) is 0 Å². The van der Waals surface area contributed by atoms with Gasteiger partial charge in [-0.1, -0.05) is 29.8 Å². The number of nitrogens with zero attached hydrogens (tertiary/aromatic N) is 1. The van der Waals surface area contributed by atoms with Crippen molar-refractivity contribution in [2.75, 3.05) is 19.6 Å². The van der Waals surface area contributed by atoms with Crippen molar-refractivity contribution in [3.8, 4) is 0 Å². The number of carboxylic acids is 1. The zero-order valence-electron chi connectivity index (χ0n) is 15.2. The summed E-state index contributed by atoms with van der Waals surface area (Å²) in [6.45, 7) is 3.21. The third kappa shape index (κ3) is 4.23. The van der Waals surface area contributed by atoms with Gasteiger partial charge in [-0.15, -0.1) is 0 Å². The van der Waals surface area contributed by atoms with Gasteiger partial charge < -0.3 is 15.3 Å². The van der Waals surface area contributed by atoms with Crippen molar-refractivity contribution in [1.82, 2.24) is 10.2 Å². The molecule has 0 aromatic heterocycles. The van der Waals surface area contributed by atoms with Gasteiger partial charge in [-0.2, -0.15) is 0 Å². The predicted octanol–water partition coefficient (Wildman–Crippen LogP) is 1.76. The van der Waals surface area contributed by atoms with Gasteiger partial charge in [0, 0.05) is 19.5 Å². The molecule has 2 fully saturated rings. The molecule has 1 unspecified atom stereocenters. The minimum absolute atomic E-state index is 0.0160. The number of nitrogens with one attached hydrogen (secondary N) is 1. The molecule has 2 N–H and O–H groups in total. The largest absolute Gasteiger partial charge is 0.481 e. The van der Waals surface area contributed by atoms with Crippen LogP contribution in [0.1, 0.15) is 36.8 Å². The zero-order chi connectivity index (χ0) is 18.7. The second kappa shape index (κ2) is 7.48. The summed E-state index contributed by atoms with van der Waals surface area (Å²) in [5.41, 5.74) is 2.21. The third-order valence-corrected chi connectivity index (χ3v) is 5.80. The lowest BCUT2D eigenvalue weighted by molar-refractivity contribution is -0.140. The van der Waals surface area contributed by atoms with Crippen LogP contribution >= 0.6 is 0 Å². The van der Waals surface area contributed by atoms with E-state index in [1.165, 1.54) is 5.56 Å². The van der Waals surface area contributed by atoms with E-state index >= 15 is 0 Å². The van der Waals surface area contributed by atoms with Crippen molar-refractivity contribution in [2.24, 2.45) is 11.3 Å². The molecule has 140 valence electrons. The number of benzene rings is 1. The lowest BCUT2D eigenvalue weighted by Crippen LogP contribution is -2.45. The molecule has 1 atom stereocenters. The summed E-state index contributed by atoms with van der Waals surface area (Å²) in [5.74, 6) is -1.16. The van der Waals surface area contributed by atoms with E-state index in [4.69, 9.17) is 5.11 Å². The van der Waals surface area contributed by atoms with Crippen LogP contribution in [0.4, 0.5) is 0 Å². The molecule has 1 aliphatic carbocycles. The van der Waals surface area contributed by atoms with Crippen molar-refractivity contribution >= 4 is 17.8 Å². The van der Waals surface area contributed by atoms with Gasteiger partial charge in [0.25, 0.3) is 0 Å². The fourth-order valence-corrected chi connectivity index (χ4v) is 3.84. The predicted molar refractivity (Wildman–Crippen MR) is 96.5 cm³/mol. The number of carbonyl (C=O) groups is 3. The molecule has 1 heterocycles. The van der Waals surface area contributed by atoms with Crippen LogP contribution < -0.4 is 5.32 Å². The summed E-state index contributed by atoms with van der Waals surface area (Å²) in [4.78, 5) is 37.0. The Morgan fingerprint density at radius 2 is 1.85 bits per heavy atom. The van der Waals surface area contributed by atoms with Crippen LogP contribution in [0, 0.1) is 18.3 Å². The Morgan fingerprint density at radius 3 is 2.42 bits per heavy atom. The first-order valence-electron chi connectivity index (χ1n) is 9.22. The quantitative estimate of drug-likeness (QED) is 0.811. The molecule has 6 nitrogen and oxygen atoms in total. The van der Waals surface area contributed by atoms with E-state index in [1.807, 2.05) is 31.2 Å². The normalized spacial score (nSPS) is 20.7. The Morgan fingerprint density at radius 1 is 1.19 bits per heavy atom. The van der Waals surface area contributed by atoms with Crippen molar-refractivity contribution in [3.63, 3.8) is 0 Å². The Hall–Kier alpha value is -2.37. The van der Waals surface area contributed by atoms with Crippen LogP contribution in [-0.2, 0) is 20.8 Å². The van der Waals surface area contributed by atoms with Gasteiger partial charge in [0.1, 0.15) is 0 Å². The monoisotopic (exact) mass is 358 g/mol. The van der Waals surface area contributed by atoms with Gasteiger partial charge in [0.05, 0.1) is 12.5 Å². The number of amides is 2. The number of hydrogen-bond acceptors (Lipinski definition) is 3. The van der Waals surface area contributed by atoms with Crippen molar-refractivity contribution in [2.45, 2.75) is 39.0 Å². The molecule has 3 rings (SSSR count). The molecule has 1 saturated heterocycles. The summed E-state index contributed by atoms with van der Waals surface area (Å²) in [5, 5.41) is 11.8. The highest BCUT2D eigenvalue weighted by atomic mass is 16.4. The van der Waals surface area contributed by atoms with Crippen LogP contribution in [0.2, 0.25) is 0 Å². The van der Waals surface area contributed by atoms with E-state index in [9.17, 15) is 14.4 Å². The average molecular weight is 358 g/mol. The third-order valence-electron chi connectivity index (χ3n) is 5.80. The second-order valence-corrected chi connectivity index (χ2v) is 7.60. The average Bonchev–Trinajstić information content (AvgIpc) is 3.33. The fourth-order valence-electron chi connectivity index (χ4n) is 3.84. The van der Waals surface area contributed by atoms with Gasteiger partial charge in [-0.05, 0) is 43.6 Å². The fraction of sp³-hybridized carbons (Fsp3) is 0.550. The summed E-state index contributed by atoms with van der Waals surface area (Å²) >= 11 is 0. The molecule has 2 aliphatic rings. The highest BCUT2D eigenvalue weighted by Gasteiger charge is 2.59. The van der Waals surface area contributed by atoms with Crippen LogP contribution in [0.15, 0.2) is 24.3 Å². The molecule has 0 bridgehead atoms. The first kappa shape index (κ1) is 18.4. The molecule has 1 saturated carbocycles. The first-order chi connectivity index (χ1) is 12.4. The maximum Gasteiger partial charge on any atom is 0.307 e. The van der Waals surface area contributed by atoms with Gasteiger partial charge in [-0.3, -0.25) is 14.4 Å². The van der Waals surface area contributed by atoms with Crippen LogP contribution in [0.25, 0.3) is 0 Å². The van der Waals surface area contributed by atoms with Crippen molar-refractivity contribution in [1.29, 1.82) is 0 Å². The van der Waals surface area contributed by atoms with Gasteiger partial charge in [0.15, 0.2) is 0 Å². The standard InChI is InChI=1S/C20H26N2O4/c1-14-2-4-15(5-3-14)6-7-17(23)21-13-18(24)22-10-8-20(9-11-22)12-16(20)19(25)26/h2-5,16H,6-13H2,1H3,(H,21,23)(H,25,26). The van der Waals surface area contributed by atoms with Gasteiger partial charge >= 0.3 is 5.97 Å². The first-order valence-corrected chi connectivity index (χ1v) is 9.22. The molecule has 2 amide bonds. The molecule has 6 heteroatoms. The molecule has 1 spiro atoms. The van der Waals surface area contributed by atoms with Gasteiger partial charge in [0.2, 0.25) is 11.8 Å². The lowest BCUT2D eigenvalue weighted by Gasteiger charge is -2.32. The maximum absolute atomic E-state index is 12.3. The summed E-state index contributed by atoms with van der Waals surface area (Å²) in [6.07, 6.45) is 3.25. The Labute approximate surface area is 153 Å². The highest BCUT2D eigenvalue weighted by Crippen LogP contribution is 2.59. The topological polar surface area (TPSA) is 86.7 Å². The van der Waals surface area contributed by atoms with E-state index in [1.54, 1.807) is 4.90 Å². The molecule has 0 radical (unpaired) electrons. The number of hydrogen-bond donors (Lipinski definition) is 2. The number of rotatable bonds is 6. The minimum atomic E-state index is -0.717. The highest BCUT2D eigenvalue weighted by molar-refractivity contribution is 5.85. The van der Waals surface area contributed by atoms with E-state index in [-0.39, 0.29) is 29.7 Å². The lowest BCUT2D eigenvalue weighted by atomic mass is 9.91. The Bertz CT molecular complexity index is 690.